The normalized spacial score (nSPS) is 18.9. The number of hydrogen-bond acceptors (Lipinski definition) is 4. The molecule has 2 aliphatic heterocycles. The first kappa shape index (κ1) is 20.0. The quantitative estimate of drug-likeness (QED) is 0.831. The third kappa shape index (κ3) is 3.79. The Morgan fingerprint density at radius 2 is 1.72 bits per heavy atom. The van der Waals surface area contributed by atoms with Gasteiger partial charge >= 0.3 is 0 Å². The smallest absolute Gasteiger partial charge is 0.257 e. The van der Waals surface area contributed by atoms with E-state index in [0.29, 0.717) is 48.3 Å². The Bertz CT molecular complexity index is 925. The van der Waals surface area contributed by atoms with Crippen molar-refractivity contribution in [2.24, 2.45) is 0 Å². The minimum absolute atomic E-state index is 0.153. The standard InChI is InChI=1S/C22H25ClN2O4/c1-15-17(14-19(29-15)16-6-2-3-7-18(16)23)20(26)24-12-8-22(28,9-13-24)21(27)25-10-4-5-11-25/h2-3,6-7,14,28H,4-5,8-13H2,1H3. The number of likely N-dealkylation sites (tertiary alicyclic amines) is 2. The Morgan fingerprint density at radius 1 is 1.07 bits per heavy atom. The van der Waals surface area contributed by atoms with Crippen LogP contribution in [-0.4, -0.2) is 58.5 Å². The number of nitrogens with zero attached hydrogens (tertiary/aromatic N) is 2. The molecule has 0 radical (unpaired) electrons. The fraction of sp³-hybridized carbons (Fsp3) is 0.455. The molecule has 0 bridgehead atoms. The van der Waals surface area contributed by atoms with Crippen LogP contribution in [0.15, 0.2) is 34.7 Å². The molecule has 0 spiro atoms. The van der Waals surface area contributed by atoms with Crippen molar-refractivity contribution in [2.45, 2.75) is 38.2 Å². The SMILES string of the molecule is Cc1oc(-c2ccccc2Cl)cc1C(=O)N1CCC(O)(C(=O)N2CCCC2)CC1. The van der Waals surface area contributed by atoms with Gasteiger partial charge in [0.1, 0.15) is 17.1 Å². The van der Waals surface area contributed by atoms with E-state index in [4.69, 9.17) is 16.0 Å². The summed E-state index contributed by atoms with van der Waals surface area (Å²) in [5.41, 5.74) is -0.147. The zero-order chi connectivity index (χ0) is 20.6. The molecule has 1 aromatic carbocycles. The van der Waals surface area contributed by atoms with Gasteiger partial charge in [-0.1, -0.05) is 23.7 Å². The number of aliphatic hydroxyl groups is 1. The van der Waals surface area contributed by atoms with Gasteiger partial charge in [-0.25, -0.2) is 0 Å². The number of piperidine rings is 1. The molecule has 2 saturated heterocycles. The Balaban J connectivity index is 1.46. The van der Waals surface area contributed by atoms with Crippen molar-refractivity contribution >= 4 is 23.4 Å². The summed E-state index contributed by atoms with van der Waals surface area (Å²) in [6, 6.07) is 9.05. The second-order valence-corrected chi connectivity index (χ2v) is 8.29. The summed E-state index contributed by atoms with van der Waals surface area (Å²) in [6.45, 7) is 3.85. The third-order valence-corrected chi connectivity index (χ3v) is 6.29. The average Bonchev–Trinajstić information content (AvgIpc) is 3.38. The molecule has 154 valence electrons. The number of carbonyl (C=O) groups is 2. The summed E-state index contributed by atoms with van der Waals surface area (Å²) in [7, 11) is 0. The van der Waals surface area contributed by atoms with Crippen LogP contribution >= 0.6 is 11.6 Å². The van der Waals surface area contributed by atoms with Crippen molar-refractivity contribution < 1.29 is 19.1 Å². The molecule has 0 saturated carbocycles. The van der Waals surface area contributed by atoms with Gasteiger partial charge in [0.25, 0.3) is 11.8 Å². The fourth-order valence-corrected chi connectivity index (χ4v) is 4.40. The maximum Gasteiger partial charge on any atom is 0.257 e. The molecular formula is C22H25ClN2O4. The molecule has 3 heterocycles. The zero-order valence-electron chi connectivity index (χ0n) is 16.5. The molecule has 1 aromatic heterocycles. The van der Waals surface area contributed by atoms with E-state index in [-0.39, 0.29) is 24.7 Å². The zero-order valence-corrected chi connectivity index (χ0v) is 17.2. The summed E-state index contributed by atoms with van der Waals surface area (Å²) in [4.78, 5) is 29.1. The molecule has 0 aliphatic carbocycles. The van der Waals surface area contributed by atoms with Crippen LogP contribution in [0.2, 0.25) is 5.02 Å². The van der Waals surface area contributed by atoms with Crippen LogP contribution in [0.3, 0.4) is 0 Å². The van der Waals surface area contributed by atoms with Gasteiger partial charge in [-0.3, -0.25) is 9.59 Å². The van der Waals surface area contributed by atoms with Crippen molar-refractivity contribution in [1.29, 1.82) is 0 Å². The van der Waals surface area contributed by atoms with Gasteiger partial charge in [0.2, 0.25) is 0 Å². The number of hydrogen-bond donors (Lipinski definition) is 1. The summed E-state index contributed by atoms with van der Waals surface area (Å²) in [6.07, 6.45) is 2.48. The molecule has 2 aromatic rings. The summed E-state index contributed by atoms with van der Waals surface area (Å²) >= 11 is 6.24. The first-order valence-corrected chi connectivity index (χ1v) is 10.4. The third-order valence-electron chi connectivity index (χ3n) is 5.96. The predicted octanol–water partition coefficient (Wildman–Crippen LogP) is 3.50. The van der Waals surface area contributed by atoms with Gasteiger partial charge in [-0.05, 0) is 38.0 Å². The topological polar surface area (TPSA) is 74.0 Å². The highest BCUT2D eigenvalue weighted by atomic mass is 35.5. The summed E-state index contributed by atoms with van der Waals surface area (Å²) in [5, 5.41) is 11.4. The van der Waals surface area contributed by atoms with Gasteiger partial charge in [-0.2, -0.15) is 0 Å². The average molecular weight is 417 g/mol. The van der Waals surface area contributed by atoms with Crippen molar-refractivity contribution in [2.75, 3.05) is 26.2 Å². The van der Waals surface area contributed by atoms with Gasteiger partial charge in [0, 0.05) is 44.6 Å². The lowest BCUT2D eigenvalue weighted by molar-refractivity contribution is -0.154. The van der Waals surface area contributed by atoms with E-state index in [1.54, 1.807) is 28.9 Å². The van der Waals surface area contributed by atoms with Crippen LogP contribution in [0.25, 0.3) is 11.3 Å². The summed E-state index contributed by atoms with van der Waals surface area (Å²) in [5.74, 6) is 0.732. The van der Waals surface area contributed by atoms with Crippen LogP contribution in [0, 0.1) is 6.92 Å². The molecule has 2 amide bonds. The Hall–Kier alpha value is -2.31. The minimum Gasteiger partial charge on any atom is -0.460 e. The number of amides is 2. The van der Waals surface area contributed by atoms with Crippen LogP contribution in [0.5, 0.6) is 0 Å². The van der Waals surface area contributed by atoms with E-state index in [1.807, 2.05) is 18.2 Å². The number of halogens is 1. The maximum absolute atomic E-state index is 13.0. The number of furan rings is 1. The van der Waals surface area contributed by atoms with Crippen molar-refractivity contribution in [1.82, 2.24) is 9.80 Å². The summed E-state index contributed by atoms with van der Waals surface area (Å²) < 4.78 is 5.80. The van der Waals surface area contributed by atoms with E-state index in [2.05, 4.69) is 0 Å². The Kier molecular flexibility index (Phi) is 5.40. The Labute approximate surface area is 175 Å². The van der Waals surface area contributed by atoms with E-state index in [9.17, 15) is 14.7 Å². The number of carbonyl (C=O) groups excluding carboxylic acids is 2. The molecule has 2 aliphatic rings. The monoisotopic (exact) mass is 416 g/mol. The van der Waals surface area contributed by atoms with Gasteiger partial charge < -0.3 is 19.3 Å². The van der Waals surface area contributed by atoms with E-state index < -0.39 is 5.60 Å². The highest BCUT2D eigenvalue weighted by molar-refractivity contribution is 6.33. The van der Waals surface area contributed by atoms with E-state index >= 15 is 0 Å². The second-order valence-electron chi connectivity index (χ2n) is 7.88. The first-order valence-electron chi connectivity index (χ1n) is 10.1. The van der Waals surface area contributed by atoms with Gasteiger partial charge in [-0.15, -0.1) is 0 Å². The largest absolute Gasteiger partial charge is 0.460 e. The van der Waals surface area contributed by atoms with Crippen molar-refractivity contribution in [3.05, 3.63) is 46.7 Å². The van der Waals surface area contributed by atoms with Crippen molar-refractivity contribution in [3.8, 4) is 11.3 Å². The van der Waals surface area contributed by atoms with E-state index in [1.165, 1.54) is 0 Å². The lowest BCUT2D eigenvalue weighted by Crippen LogP contribution is -2.55. The van der Waals surface area contributed by atoms with E-state index in [0.717, 1.165) is 18.4 Å². The van der Waals surface area contributed by atoms with Crippen LogP contribution < -0.4 is 0 Å². The minimum atomic E-state index is -1.37. The molecule has 0 unspecified atom stereocenters. The Morgan fingerprint density at radius 3 is 2.38 bits per heavy atom. The fourth-order valence-electron chi connectivity index (χ4n) is 4.17. The number of rotatable bonds is 3. The molecule has 29 heavy (non-hydrogen) atoms. The maximum atomic E-state index is 13.0. The molecular weight excluding hydrogens is 392 g/mol. The molecule has 1 N–H and O–H groups in total. The molecule has 2 fully saturated rings. The van der Waals surface area contributed by atoms with Crippen LogP contribution in [0.1, 0.15) is 41.8 Å². The lowest BCUT2D eigenvalue weighted by atomic mass is 9.89. The number of aryl methyl sites for hydroxylation is 1. The molecule has 7 heteroatoms. The molecule has 4 rings (SSSR count). The second kappa shape index (κ2) is 7.84. The van der Waals surface area contributed by atoms with Gasteiger partial charge in [0.05, 0.1) is 10.6 Å². The number of benzene rings is 1. The molecule has 0 atom stereocenters. The van der Waals surface area contributed by atoms with Crippen molar-refractivity contribution in [3.63, 3.8) is 0 Å². The predicted molar refractivity (Wildman–Crippen MR) is 110 cm³/mol. The van der Waals surface area contributed by atoms with Crippen LogP contribution in [0.4, 0.5) is 0 Å². The highest BCUT2D eigenvalue weighted by Crippen LogP contribution is 2.33. The lowest BCUT2D eigenvalue weighted by Gasteiger charge is -2.38. The first-order chi connectivity index (χ1) is 13.9. The molecule has 6 nitrogen and oxygen atoms in total. The highest BCUT2D eigenvalue weighted by Gasteiger charge is 2.43. The van der Waals surface area contributed by atoms with Crippen LogP contribution in [-0.2, 0) is 4.79 Å². The van der Waals surface area contributed by atoms with Gasteiger partial charge in [0.15, 0.2) is 0 Å².